The second-order valence-electron chi connectivity index (χ2n) is 8.31. The number of fused-ring (bicyclic) bond motifs is 6. The van der Waals surface area contributed by atoms with Crippen LogP contribution in [0.2, 0.25) is 0 Å². The number of furan rings is 2. The summed E-state index contributed by atoms with van der Waals surface area (Å²) in [5, 5.41) is 4.77. The molecule has 0 radical (unpaired) electrons. The van der Waals surface area contributed by atoms with Crippen molar-refractivity contribution in [3.05, 3.63) is 97.1 Å². The van der Waals surface area contributed by atoms with Gasteiger partial charge in [0.2, 0.25) is 0 Å². The van der Waals surface area contributed by atoms with Gasteiger partial charge in [-0.3, -0.25) is 0 Å². The maximum Gasteiger partial charge on any atom is 0.135 e. The van der Waals surface area contributed by atoms with Gasteiger partial charge in [0.15, 0.2) is 0 Å². The molecule has 2 heterocycles. The average molecular weight is 529 g/mol. The number of rotatable bonds is 0. The Bertz CT molecular complexity index is 1180. The van der Waals surface area contributed by atoms with Crippen LogP contribution in [0.4, 0.5) is 0 Å². The molecule has 0 atom stereocenters. The highest BCUT2D eigenvalue weighted by Crippen LogP contribution is 2.28. The van der Waals surface area contributed by atoms with Gasteiger partial charge in [-0.2, -0.15) is 0 Å². The Labute approximate surface area is 238 Å². The molecule has 0 N–H and O–H groups in total. The molecule has 0 aliphatic heterocycles. The van der Waals surface area contributed by atoms with Crippen molar-refractivity contribution in [3.63, 3.8) is 0 Å². The lowest BCUT2D eigenvalue weighted by molar-refractivity contribution is 0.668. The van der Waals surface area contributed by atoms with Crippen LogP contribution in [0.5, 0.6) is 0 Å². The van der Waals surface area contributed by atoms with E-state index in [-0.39, 0.29) is 0 Å². The summed E-state index contributed by atoms with van der Waals surface area (Å²) in [6.07, 6.45) is 3.75. The van der Waals surface area contributed by atoms with Crippen LogP contribution in [0.15, 0.2) is 106 Å². The van der Waals surface area contributed by atoms with Crippen molar-refractivity contribution in [2.75, 3.05) is 0 Å². The number of hydrogen-bond acceptors (Lipinski definition) is 2. The van der Waals surface area contributed by atoms with Crippen molar-refractivity contribution in [3.8, 4) is 0 Å². The quantitative estimate of drug-likeness (QED) is 0.196. The molecule has 39 heavy (non-hydrogen) atoms. The van der Waals surface area contributed by atoms with E-state index in [0.29, 0.717) is 0 Å². The van der Waals surface area contributed by atoms with Gasteiger partial charge in [0, 0.05) is 21.5 Å². The molecule has 0 aliphatic rings. The monoisotopic (exact) mass is 528 g/mol. The van der Waals surface area contributed by atoms with E-state index in [0.717, 1.165) is 22.3 Å². The smallest absolute Gasteiger partial charge is 0.135 e. The molecule has 2 aromatic heterocycles. The number of para-hydroxylation sites is 4. The molecule has 0 aliphatic carbocycles. The first-order chi connectivity index (χ1) is 19.1. The first-order valence-corrected chi connectivity index (χ1v) is 14.9. The van der Waals surface area contributed by atoms with Crippen LogP contribution in [0, 0.1) is 0 Å². The van der Waals surface area contributed by atoms with Crippen LogP contribution in [0.1, 0.15) is 88.5 Å². The fourth-order valence-electron chi connectivity index (χ4n) is 3.35. The molecule has 0 spiro atoms. The molecule has 2 heteroatoms. The van der Waals surface area contributed by atoms with Crippen LogP contribution in [-0.4, -0.2) is 0 Å². The Morgan fingerprint density at radius 2 is 0.487 bits per heavy atom. The molecule has 0 saturated carbocycles. The molecule has 6 aromatic rings. The summed E-state index contributed by atoms with van der Waals surface area (Å²) >= 11 is 0. The number of hydrogen-bond donors (Lipinski definition) is 0. The third-order valence-corrected chi connectivity index (χ3v) is 4.57. The summed E-state index contributed by atoms with van der Waals surface area (Å²) in [5.41, 5.74) is 3.85. The highest BCUT2D eigenvalue weighted by atomic mass is 16.3. The Kier molecular flexibility index (Phi) is 20.4. The van der Waals surface area contributed by atoms with Crippen LogP contribution < -0.4 is 0 Å². The molecule has 0 fully saturated rings. The topological polar surface area (TPSA) is 26.3 Å². The molecule has 212 valence electrons. The van der Waals surface area contributed by atoms with Crippen molar-refractivity contribution in [1.82, 2.24) is 0 Å². The molecule has 0 saturated heterocycles. The summed E-state index contributed by atoms with van der Waals surface area (Å²) in [6.45, 7) is 20.8. The van der Waals surface area contributed by atoms with E-state index in [4.69, 9.17) is 8.83 Å². The molecular formula is C37H52O2. The van der Waals surface area contributed by atoms with E-state index in [2.05, 4.69) is 65.8 Å². The lowest BCUT2D eigenvalue weighted by Crippen LogP contribution is -1.62. The zero-order valence-corrected chi connectivity index (χ0v) is 26.2. The minimum Gasteiger partial charge on any atom is -0.456 e. The summed E-state index contributed by atoms with van der Waals surface area (Å²) in [4.78, 5) is 0. The first-order valence-electron chi connectivity index (χ1n) is 14.9. The fraction of sp³-hybridized carbons (Fsp3) is 0.351. The summed E-state index contributed by atoms with van der Waals surface area (Å²) in [6, 6.07) is 32.4. The van der Waals surface area contributed by atoms with E-state index in [1.54, 1.807) is 0 Å². The van der Waals surface area contributed by atoms with Crippen LogP contribution in [0.3, 0.4) is 0 Å². The highest BCUT2D eigenvalue weighted by Gasteiger charge is 2.04. The Morgan fingerprint density at radius 3 is 0.667 bits per heavy atom. The van der Waals surface area contributed by atoms with Crippen molar-refractivity contribution in [2.45, 2.75) is 88.5 Å². The summed E-state index contributed by atoms with van der Waals surface area (Å²) in [5.74, 6) is 0. The summed E-state index contributed by atoms with van der Waals surface area (Å²) in [7, 11) is 0. The zero-order chi connectivity index (χ0) is 29.5. The number of benzene rings is 4. The lowest BCUT2D eigenvalue weighted by Gasteiger charge is -1.85. The predicted octanol–water partition coefficient (Wildman–Crippen LogP) is 13.5. The molecule has 2 nitrogen and oxygen atoms in total. The SMILES string of the molecule is CC.CC.CCC.CCC.CCC.c1ccc2c(c1)oc1ccccc12.c1ccc2c(c1)oc1ccccc12. The van der Waals surface area contributed by atoms with Gasteiger partial charge in [0.25, 0.3) is 0 Å². The van der Waals surface area contributed by atoms with Gasteiger partial charge in [-0.15, -0.1) is 0 Å². The van der Waals surface area contributed by atoms with Gasteiger partial charge >= 0.3 is 0 Å². The molecule has 4 aromatic carbocycles. The fourth-order valence-corrected chi connectivity index (χ4v) is 3.35. The van der Waals surface area contributed by atoms with E-state index < -0.39 is 0 Å². The molecule has 6 rings (SSSR count). The van der Waals surface area contributed by atoms with Crippen LogP contribution >= 0.6 is 0 Å². The second-order valence-corrected chi connectivity index (χ2v) is 8.31. The first kappa shape index (κ1) is 35.5. The standard InChI is InChI=1S/2C12H8O.3C3H8.2C2H6/c2*1-3-7-11-9(5-1)10-6-2-4-8-12(10)13-11;3*1-3-2;2*1-2/h2*1-8H;3*3H2,1-2H3;2*1-2H3. The van der Waals surface area contributed by atoms with Crippen molar-refractivity contribution < 1.29 is 8.83 Å². The largest absolute Gasteiger partial charge is 0.456 e. The van der Waals surface area contributed by atoms with Gasteiger partial charge in [0.05, 0.1) is 0 Å². The third-order valence-electron chi connectivity index (χ3n) is 4.57. The Hall–Kier alpha value is -3.52. The van der Waals surface area contributed by atoms with Crippen LogP contribution in [0.25, 0.3) is 43.9 Å². The maximum absolute atomic E-state index is 5.65. The normalized spacial score (nSPS) is 9.08. The van der Waals surface area contributed by atoms with Gasteiger partial charge in [-0.25, -0.2) is 0 Å². The lowest BCUT2D eigenvalue weighted by atomic mass is 10.2. The highest BCUT2D eigenvalue weighted by molar-refractivity contribution is 6.05. The van der Waals surface area contributed by atoms with Gasteiger partial charge in [-0.1, -0.05) is 161 Å². The van der Waals surface area contributed by atoms with Crippen molar-refractivity contribution in [1.29, 1.82) is 0 Å². The van der Waals surface area contributed by atoms with Crippen molar-refractivity contribution >= 4 is 43.9 Å². The van der Waals surface area contributed by atoms with Crippen molar-refractivity contribution in [2.24, 2.45) is 0 Å². The Balaban J connectivity index is 0.000000522. The second kappa shape index (κ2) is 22.5. The van der Waals surface area contributed by atoms with Crippen LogP contribution in [-0.2, 0) is 0 Å². The minimum absolute atomic E-state index is 0.962. The molecule has 0 bridgehead atoms. The third kappa shape index (κ3) is 11.4. The van der Waals surface area contributed by atoms with Gasteiger partial charge in [-0.05, 0) is 24.3 Å². The van der Waals surface area contributed by atoms with E-state index in [1.807, 2.05) is 100 Å². The van der Waals surface area contributed by atoms with E-state index in [1.165, 1.54) is 40.8 Å². The average Bonchev–Trinajstić information content (AvgIpc) is 3.55. The summed E-state index contributed by atoms with van der Waals surface area (Å²) < 4.78 is 11.3. The van der Waals surface area contributed by atoms with Gasteiger partial charge in [0.1, 0.15) is 22.3 Å². The molecule has 0 unspecified atom stereocenters. The van der Waals surface area contributed by atoms with E-state index >= 15 is 0 Å². The predicted molar refractivity (Wildman–Crippen MR) is 178 cm³/mol. The maximum atomic E-state index is 5.65. The zero-order valence-electron chi connectivity index (χ0n) is 26.2. The minimum atomic E-state index is 0.962. The molecular weight excluding hydrogens is 476 g/mol. The Morgan fingerprint density at radius 1 is 0.333 bits per heavy atom. The molecule has 0 amide bonds. The van der Waals surface area contributed by atoms with E-state index in [9.17, 15) is 0 Å². The van der Waals surface area contributed by atoms with Gasteiger partial charge < -0.3 is 8.83 Å².